The van der Waals surface area contributed by atoms with Crippen molar-refractivity contribution in [3.63, 3.8) is 0 Å². The number of thioether (sulfide) groups is 1. The van der Waals surface area contributed by atoms with Crippen molar-refractivity contribution in [2.75, 3.05) is 5.75 Å². The van der Waals surface area contributed by atoms with Crippen molar-refractivity contribution in [2.45, 2.75) is 11.5 Å². The summed E-state index contributed by atoms with van der Waals surface area (Å²) < 4.78 is 7.68. The Bertz CT molecular complexity index is 877. The molecule has 23 heavy (non-hydrogen) atoms. The van der Waals surface area contributed by atoms with Gasteiger partial charge in [-0.15, -0.1) is 11.8 Å². The third-order valence-corrected chi connectivity index (χ3v) is 4.29. The Morgan fingerprint density at radius 3 is 2.74 bits per heavy atom. The monoisotopic (exact) mass is 350 g/mol. The molecule has 0 saturated heterocycles. The molecule has 0 unspecified atom stereocenters. The van der Waals surface area contributed by atoms with E-state index in [1.165, 1.54) is 29.6 Å². The van der Waals surface area contributed by atoms with Crippen LogP contribution in [0.25, 0.3) is 0 Å². The highest BCUT2D eigenvalue weighted by atomic mass is 35.5. The van der Waals surface area contributed by atoms with E-state index in [0.29, 0.717) is 22.3 Å². The molecule has 2 rings (SSSR count). The number of ether oxygens (including phenoxy) is 1. The van der Waals surface area contributed by atoms with E-state index in [1.54, 1.807) is 13.1 Å². The summed E-state index contributed by atoms with van der Waals surface area (Å²) in [6.45, 7) is 0.305. The molecule has 0 fully saturated rings. The van der Waals surface area contributed by atoms with Crippen LogP contribution in [0, 0.1) is 12.0 Å². The fourth-order valence-electron chi connectivity index (χ4n) is 1.80. The normalized spacial score (nSPS) is 10.0. The van der Waals surface area contributed by atoms with E-state index in [-0.39, 0.29) is 11.2 Å². The molecule has 0 amide bonds. The van der Waals surface area contributed by atoms with Gasteiger partial charge in [-0.25, -0.2) is 4.79 Å². The lowest BCUT2D eigenvalue weighted by atomic mass is 10.2. The van der Waals surface area contributed by atoms with Crippen molar-refractivity contribution in [3.05, 3.63) is 61.9 Å². The summed E-state index contributed by atoms with van der Waals surface area (Å²) in [4.78, 5) is 24.0. The molecule has 0 N–H and O–H groups in total. The van der Waals surface area contributed by atoms with Crippen LogP contribution in [0.1, 0.15) is 5.56 Å². The summed E-state index contributed by atoms with van der Waals surface area (Å²) in [6.07, 6.45) is 4.10. The minimum Gasteiger partial charge on any atom is -0.442 e. The first kappa shape index (κ1) is 17.3. The van der Waals surface area contributed by atoms with Crippen LogP contribution in [0.4, 0.5) is 0 Å². The SMILES string of the molecule is Cn1cc(SCC#COCc2ccccc2Cl)c(=O)n(C)c1=O. The van der Waals surface area contributed by atoms with Crippen LogP contribution >= 0.6 is 23.4 Å². The Kier molecular flexibility index (Phi) is 5.97. The fourth-order valence-corrected chi connectivity index (χ4v) is 2.77. The minimum atomic E-state index is -0.353. The summed E-state index contributed by atoms with van der Waals surface area (Å²) in [5.41, 5.74) is 0.188. The van der Waals surface area contributed by atoms with E-state index >= 15 is 0 Å². The first-order chi connectivity index (χ1) is 11.0. The molecule has 7 heteroatoms. The maximum atomic E-state index is 11.9. The first-order valence-electron chi connectivity index (χ1n) is 6.73. The second-order valence-corrected chi connectivity index (χ2v) is 6.12. The number of hydrogen-bond donors (Lipinski definition) is 0. The standard InChI is InChI=1S/C16H15ClN2O3S/c1-18-10-14(15(20)19(2)16(18)21)23-9-5-8-22-11-12-6-3-4-7-13(12)17/h3-4,6-7,10H,9,11H2,1-2H3. The van der Waals surface area contributed by atoms with Gasteiger partial charge < -0.3 is 9.30 Å². The molecule has 1 aromatic carbocycles. The molecule has 0 radical (unpaired) electrons. The Morgan fingerprint density at radius 2 is 2.00 bits per heavy atom. The van der Waals surface area contributed by atoms with Gasteiger partial charge in [0.1, 0.15) is 12.7 Å². The Morgan fingerprint density at radius 1 is 1.26 bits per heavy atom. The zero-order chi connectivity index (χ0) is 16.8. The van der Waals surface area contributed by atoms with Crippen LogP contribution in [0.5, 0.6) is 0 Å². The Hall–Kier alpha value is -2.10. The van der Waals surface area contributed by atoms with Crippen molar-refractivity contribution < 1.29 is 4.74 Å². The van der Waals surface area contributed by atoms with Crippen molar-refractivity contribution in [2.24, 2.45) is 14.1 Å². The molecule has 5 nitrogen and oxygen atoms in total. The predicted molar refractivity (Wildman–Crippen MR) is 91.7 cm³/mol. The largest absolute Gasteiger partial charge is 0.442 e. The smallest absolute Gasteiger partial charge is 0.330 e. The summed E-state index contributed by atoms with van der Waals surface area (Å²) >= 11 is 7.27. The maximum Gasteiger partial charge on any atom is 0.330 e. The van der Waals surface area contributed by atoms with E-state index in [2.05, 4.69) is 12.0 Å². The van der Waals surface area contributed by atoms with Gasteiger partial charge in [-0.1, -0.05) is 29.8 Å². The average Bonchev–Trinajstić information content (AvgIpc) is 2.54. The summed E-state index contributed by atoms with van der Waals surface area (Å²) in [5.74, 6) is 3.20. The summed E-state index contributed by atoms with van der Waals surface area (Å²) in [5, 5.41) is 0.636. The number of halogens is 1. The number of rotatable bonds is 4. The van der Waals surface area contributed by atoms with Gasteiger partial charge >= 0.3 is 5.69 Å². The molecule has 120 valence electrons. The van der Waals surface area contributed by atoms with Crippen LogP contribution in [0.3, 0.4) is 0 Å². The Labute approximate surface area is 142 Å². The molecular formula is C16H15ClN2O3S. The van der Waals surface area contributed by atoms with Gasteiger partial charge in [0.15, 0.2) is 0 Å². The van der Waals surface area contributed by atoms with Crippen LogP contribution in [0.2, 0.25) is 5.02 Å². The minimum absolute atomic E-state index is 0.305. The number of nitrogens with zero attached hydrogens (tertiary/aromatic N) is 2. The third-order valence-electron chi connectivity index (χ3n) is 3.04. The van der Waals surface area contributed by atoms with Gasteiger partial charge in [0.25, 0.3) is 5.56 Å². The Balaban J connectivity index is 1.91. The van der Waals surface area contributed by atoms with E-state index in [4.69, 9.17) is 16.3 Å². The number of hydrogen-bond acceptors (Lipinski definition) is 4. The molecule has 0 spiro atoms. The second kappa shape index (κ2) is 7.95. The molecule has 1 heterocycles. The highest BCUT2D eigenvalue weighted by Gasteiger charge is 2.06. The van der Waals surface area contributed by atoms with Crippen LogP contribution < -0.4 is 11.2 Å². The van der Waals surface area contributed by atoms with Gasteiger partial charge in [0, 0.05) is 30.9 Å². The molecule has 1 aromatic heterocycles. The average molecular weight is 351 g/mol. The highest BCUT2D eigenvalue weighted by Crippen LogP contribution is 2.15. The second-order valence-electron chi connectivity index (χ2n) is 4.70. The lowest BCUT2D eigenvalue weighted by molar-refractivity contribution is 0.265. The van der Waals surface area contributed by atoms with Crippen molar-refractivity contribution in [1.29, 1.82) is 0 Å². The van der Waals surface area contributed by atoms with Gasteiger partial charge in [0.05, 0.1) is 10.6 Å². The van der Waals surface area contributed by atoms with Gasteiger partial charge in [-0.3, -0.25) is 9.36 Å². The molecule has 2 aromatic rings. The summed E-state index contributed by atoms with van der Waals surface area (Å²) in [6, 6.07) is 7.39. The van der Waals surface area contributed by atoms with Gasteiger partial charge in [0.2, 0.25) is 0 Å². The maximum absolute atomic E-state index is 11.9. The van der Waals surface area contributed by atoms with E-state index < -0.39 is 0 Å². The first-order valence-corrected chi connectivity index (χ1v) is 8.09. The van der Waals surface area contributed by atoms with Gasteiger partial charge in [-0.2, -0.15) is 0 Å². The predicted octanol–water partition coefficient (Wildman–Crippen LogP) is 2.01. The zero-order valence-electron chi connectivity index (χ0n) is 12.7. The zero-order valence-corrected chi connectivity index (χ0v) is 14.3. The van der Waals surface area contributed by atoms with E-state index in [1.807, 2.05) is 18.2 Å². The van der Waals surface area contributed by atoms with E-state index in [0.717, 1.165) is 10.1 Å². The van der Waals surface area contributed by atoms with Crippen molar-refractivity contribution in [3.8, 4) is 12.0 Å². The number of benzene rings is 1. The lowest BCUT2D eigenvalue weighted by Crippen LogP contribution is -2.37. The highest BCUT2D eigenvalue weighted by molar-refractivity contribution is 7.99. The topological polar surface area (TPSA) is 53.2 Å². The molecule has 0 aliphatic rings. The van der Waals surface area contributed by atoms with Crippen molar-refractivity contribution >= 4 is 23.4 Å². The van der Waals surface area contributed by atoms with Gasteiger partial charge in [-0.05, 0) is 12.0 Å². The molecule has 0 bridgehead atoms. The van der Waals surface area contributed by atoms with Crippen LogP contribution in [-0.2, 0) is 25.4 Å². The fraction of sp³-hybridized carbons (Fsp3) is 0.250. The summed E-state index contributed by atoms with van der Waals surface area (Å²) in [7, 11) is 3.05. The quantitative estimate of drug-likeness (QED) is 0.625. The van der Waals surface area contributed by atoms with Crippen LogP contribution in [0.15, 0.2) is 44.9 Å². The van der Waals surface area contributed by atoms with E-state index in [9.17, 15) is 9.59 Å². The number of aromatic nitrogens is 2. The molecule has 0 atom stereocenters. The molecule has 0 aliphatic carbocycles. The third kappa shape index (κ3) is 4.44. The van der Waals surface area contributed by atoms with Crippen LogP contribution in [-0.4, -0.2) is 14.9 Å². The van der Waals surface area contributed by atoms with Crippen molar-refractivity contribution in [1.82, 2.24) is 9.13 Å². The molecule has 0 saturated carbocycles. The molecule has 0 aliphatic heterocycles. The number of aryl methyl sites for hydroxylation is 1. The lowest BCUT2D eigenvalue weighted by Gasteiger charge is -2.04. The molecular weight excluding hydrogens is 336 g/mol.